The van der Waals surface area contributed by atoms with E-state index in [1.165, 1.54) is 0 Å². The van der Waals surface area contributed by atoms with Crippen LogP contribution in [0.15, 0.2) is 6.07 Å². The molecule has 5 nitrogen and oxygen atoms in total. The van der Waals surface area contributed by atoms with Crippen molar-refractivity contribution in [3.05, 3.63) is 17.3 Å². The summed E-state index contributed by atoms with van der Waals surface area (Å²) >= 11 is 0. The van der Waals surface area contributed by atoms with Crippen LogP contribution in [0.25, 0.3) is 0 Å². The van der Waals surface area contributed by atoms with Crippen LogP contribution in [0.4, 0.5) is 5.82 Å². The van der Waals surface area contributed by atoms with Gasteiger partial charge >= 0.3 is 7.12 Å². The van der Waals surface area contributed by atoms with Gasteiger partial charge in [0, 0.05) is 0 Å². The Labute approximate surface area is 113 Å². The summed E-state index contributed by atoms with van der Waals surface area (Å²) in [5, 5.41) is 0. The van der Waals surface area contributed by atoms with Gasteiger partial charge in [-0.1, -0.05) is 0 Å². The van der Waals surface area contributed by atoms with Gasteiger partial charge in [-0.15, -0.1) is 0 Å². The second-order valence-electron chi connectivity index (χ2n) is 5.85. The molecule has 0 atom stereocenters. The van der Waals surface area contributed by atoms with Gasteiger partial charge < -0.3 is 15.0 Å². The Morgan fingerprint density at radius 1 is 1.26 bits per heavy atom. The van der Waals surface area contributed by atoms with Gasteiger partial charge in [0.05, 0.1) is 11.2 Å². The van der Waals surface area contributed by atoms with Crippen LogP contribution >= 0.6 is 0 Å². The summed E-state index contributed by atoms with van der Waals surface area (Å²) in [7, 11) is -0.533. The number of nitrogen functional groups attached to an aromatic ring is 1. The van der Waals surface area contributed by atoms with Crippen LogP contribution in [-0.2, 0) is 9.31 Å². The number of nitrogens with zero attached hydrogens (tertiary/aromatic N) is 1. The van der Waals surface area contributed by atoms with E-state index in [4.69, 9.17) is 15.0 Å². The monoisotopic (exact) mass is 262 g/mol. The summed E-state index contributed by atoms with van der Waals surface area (Å²) in [6.45, 7) is 9.76. The fraction of sp³-hybridized carbons (Fsp3) is 0.538. The smallest absolute Gasteiger partial charge is 0.399 e. The molecule has 1 fully saturated rings. The number of aromatic nitrogens is 1. The average molecular weight is 262 g/mol. The number of hydrogen-bond acceptors (Lipinski definition) is 5. The second-order valence-corrected chi connectivity index (χ2v) is 5.85. The first kappa shape index (κ1) is 14.0. The maximum atomic E-state index is 10.9. The average Bonchev–Trinajstić information content (AvgIpc) is 2.51. The van der Waals surface area contributed by atoms with Crippen molar-refractivity contribution in [1.82, 2.24) is 4.98 Å². The highest BCUT2D eigenvalue weighted by Crippen LogP contribution is 2.36. The lowest BCUT2D eigenvalue weighted by atomic mass is 9.76. The molecule has 1 aliphatic rings. The fourth-order valence-electron chi connectivity index (χ4n) is 1.95. The summed E-state index contributed by atoms with van der Waals surface area (Å²) in [4.78, 5) is 14.9. The molecule has 0 spiro atoms. The SMILES string of the molecule is Cc1c(B2OC(C)(C)C(C)(C)O2)cc(C=O)nc1N. The zero-order valence-electron chi connectivity index (χ0n) is 12.0. The molecule has 0 unspecified atom stereocenters. The fourth-order valence-corrected chi connectivity index (χ4v) is 1.95. The first-order valence-corrected chi connectivity index (χ1v) is 6.26. The molecule has 0 radical (unpaired) electrons. The molecule has 1 aromatic rings. The minimum Gasteiger partial charge on any atom is -0.399 e. The van der Waals surface area contributed by atoms with Crippen LogP contribution in [0.1, 0.15) is 43.7 Å². The number of anilines is 1. The van der Waals surface area contributed by atoms with E-state index in [1.54, 1.807) is 6.07 Å². The summed E-state index contributed by atoms with van der Waals surface area (Å²) in [6, 6.07) is 1.67. The van der Waals surface area contributed by atoms with Gasteiger partial charge in [0.15, 0.2) is 6.29 Å². The topological polar surface area (TPSA) is 74.4 Å². The van der Waals surface area contributed by atoms with Gasteiger partial charge in [0.2, 0.25) is 0 Å². The molecule has 2 rings (SSSR count). The minimum absolute atomic E-state index is 0.285. The molecule has 102 valence electrons. The first-order chi connectivity index (χ1) is 8.68. The van der Waals surface area contributed by atoms with Crippen molar-refractivity contribution in [2.75, 3.05) is 5.73 Å². The second kappa shape index (κ2) is 4.32. The Kier molecular flexibility index (Phi) is 3.19. The Hall–Kier alpha value is -1.40. The van der Waals surface area contributed by atoms with Gasteiger partial charge in [-0.2, -0.15) is 0 Å². The van der Waals surface area contributed by atoms with Crippen LogP contribution < -0.4 is 11.2 Å². The van der Waals surface area contributed by atoms with Crippen molar-refractivity contribution in [3.63, 3.8) is 0 Å². The number of carbonyl (C=O) groups is 1. The van der Waals surface area contributed by atoms with E-state index in [-0.39, 0.29) is 5.69 Å². The summed E-state index contributed by atoms with van der Waals surface area (Å²) in [6.07, 6.45) is 0.671. The van der Waals surface area contributed by atoms with Crippen molar-refractivity contribution >= 4 is 24.7 Å². The van der Waals surface area contributed by atoms with Gasteiger partial charge in [0.25, 0.3) is 0 Å². The van der Waals surface area contributed by atoms with E-state index in [1.807, 2.05) is 34.6 Å². The third-order valence-electron chi connectivity index (χ3n) is 4.00. The van der Waals surface area contributed by atoms with Crippen molar-refractivity contribution in [1.29, 1.82) is 0 Å². The molecule has 2 heterocycles. The molecule has 6 heteroatoms. The number of rotatable bonds is 2. The lowest BCUT2D eigenvalue weighted by Crippen LogP contribution is -2.41. The van der Waals surface area contributed by atoms with Crippen LogP contribution in [0.3, 0.4) is 0 Å². The lowest BCUT2D eigenvalue weighted by Gasteiger charge is -2.32. The molecule has 19 heavy (non-hydrogen) atoms. The van der Waals surface area contributed by atoms with E-state index in [9.17, 15) is 4.79 Å². The van der Waals surface area contributed by atoms with Crippen molar-refractivity contribution < 1.29 is 14.1 Å². The maximum Gasteiger partial charge on any atom is 0.495 e. The molecular formula is C13H19BN2O3. The van der Waals surface area contributed by atoms with E-state index >= 15 is 0 Å². The van der Waals surface area contributed by atoms with E-state index in [2.05, 4.69) is 4.98 Å². The lowest BCUT2D eigenvalue weighted by molar-refractivity contribution is 0.00578. The summed E-state index contributed by atoms with van der Waals surface area (Å²) < 4.78 is 11.9. The standard InChI is InChI=1S/C13H19BN2O3/c1-8-10(6-9(7-17)16-11(8)15)14-18-12(2,3)13(4,5)19-14/h6-7H,1-5H3,(H2,15,16). The van der Waals surface area contributed by atoms with Crippen LogP contribution in [0, 0.1) is 6.92 Å². The van der Waals surface area contributed by atoms with Gasteiger partial charge in [0.1, 0.15) is 11.5 Å². The van der Waals surface area contributed by atoms with Crippen LogP contribution in [0.5, 0.6) is 0 Å². The van der Waals surface area contributed by atoms with E-state index in [0.717, 1.165) is 11.0 Å². The molecule has 0 aromatic carbocycles. The normalized spacial score (nSPS) is 20.6. The third kappa shape index (κ3) is 2.26. The largest absolute Gasteiger partial charge is 0.495 e. The Morgan fingerprint density at radius 2 is 1.79 bits per heavy atom. The van der Waals surface area contributed by atoms with Gasteiger partial charge in [-0.3, -0.25) is 4.79 Å². The summed E-state index contributed by atoms with van der Waals surface area (Å²) in [5.74, 6) is 0.328. The molecule has 0 saturated carbocycles. The Morgan fingerprint density at radius 3 is 2.26 bits per heavy atom. The number of carbonyl (C=O) groups excluding carboxylic acids is 1. The molecule has 1 aliphatic heterocycles. The molecule has 2 N–H and O–H groups in total. The summed E-state index contributed by atoms with van der Waals surface area (Å²) in [5.41, 5.74) is 6.79. The van der Waals surface area contributed by atoms with Crippen LogP contribution in [-0.4, -0.2) is 29.6 Å². The molecular weight excluding hydrogens is 243 g/mol. The Balaban J connectivity index is 2.44. The highest BCUT2D eigenvalue weighted by atomic mass is 16.7. The highest BCUT2D eigenvalue weighted by Gasteiger charge is 2.52. The van der Waals surface area contributed by atoms with Crippen molar-refractivity contribution in [3.8, 4) is 0 Å². The minimum atomic E-state index is -0.533. The molecule has 1 aromatic heterocycles. The van der Waals surface area contributed by atoms with Crippen molar-refractivity contribution in [2.24, 2.45) is 0 Å². The van der Waals surface area contributed by atoms with Crippen LogP contribution in [0.2, 0.25) is 0 Å². The van der Waals surface area contributed by atoms with Gasteiger partial charge in [-0.25, -0.2) is 4.98 Å². The molecule has 0 bridgehead atoms. The third-order valence-corrected chi connectivity index (χ3v) is 4.00. The first-order valence-electron chi connectivity index (χ1n) is 6.26. The van der Waals surface area contributed by atoms with Crippen molar-refractivity contribution in [2.45, 2.75) is 45.8 Å². The van der Waals surface area contributed by atoms with E-state index in [0.29, 0.717) is 12.1 Å². The quantitative estimate of drug-likeness (QED) is 0.637. The zero-order valence-corrected chi connectivity index (χ0v) is 12.0. The number of nitrogens with two attached hydrogens (primary N) is 1. The van der Waals surface area contributed by atoms with E-state index < -0.39 is 18.3 Å². The number of pyridine rings is 1. The predicted octanol–water partition coefficient (Wildman–Crippen LogP) is 1.08. The van der Waals surface area contributed by atoms with Gasteiger partial charge in [-0.05, 0) is 51.7 Å². The number of aldehydes is 1. The predicted molar refractivity (Wildman–Crippen MR) is 74.5 cm³/mol. The zero-order chi connectivity index (χ0) is 14.4. The maximum absolute atomic E-state index is 10.9. The Bertz CT molecular complexity index is 513. The molecule has 1 saturated heterocycles. The molecule has 0 aliphatic carbocycles. The number of hydrogen-bond donors (Lipinski definition) is 1. The highest BCUT2D eigenvalue weighted by molar-refractivity contribution is 6.62. The molecule has 0 amide bonds.